The van der Waals surface area contributed by atoms with Gasteiger partial charge in [-0.15, -0.1) is 0 Å². The van der Waals surface area contributed by atoms with Crippen molar-refractivity contribution in [1.29, 1.82) is 0 Å². The van der Waals surface area contributed by atoms with Gasteiger partial charge in [-0.25, -0.2) is 9.69 Å². The van der Waals surface area contributed by atoms with Crippen molar-refractivity contribution in [3.05, 3.63) is 23.3 Å². The van der Waals surface area contributed by atoms with Crippen LogP contribution in [0.15, 0.2) is 12.1 Å². The summed E-state index contributed by atoms with van der Waals surface area (Å²) >= 11 is 0. The minimum atomic E-state index is -0.677. The minimum Gasteiger partial charge on any atom is -0.493 e. The van der Waals surface area contributed by atoms with Crippen LogP contribution in [-0.2, 0) is 11.3 Å². The number of amides is 3. The first-order valence-corrected chi connectivity index (χ1v) is 9.96. The highest BCUT2D eigenvalue weighted by molar-refractivity contribution is 6.06. The fraction of sp³-hybridized carbons (Fsp3) is 0.619. The summed E-state index contributed by atoms with van der Waals surface area (Å²) in [5.41, 5.74) is 1.51. The summed E-state index contributed by atoms with van der Waals surface area (Å²) in [4.78, 5) is 28.0. The zero-order valence-corrected chi connectivity index (χ0v) is 17.6. The van der Waals surface area contributed by atoms with Gasteiger partial charge >= 0.3 is 6.03 Å². The molecule has 2 fully saturated rings. The van der Waals surface area contributed by atoms with Gasteiger partial charge in [-0.2, -0.15) is 0 Å². The second-order valence-electron chi connectivity index (χ2n) is 8.35. The Hall–Kier alpha value is -2.28. The molecule has 2 N–H and O–H groups in total. The molecule has 154 valence electrons. The molecule has 1 unspecified atom stereocenters. The number of nitrogens with zero attached hydrogens (tertiary/aromatic N) is 1. The molecule has 7 heteroatoms. The van der Waals surface area contributed by atoms with Gasteiger partial charge in [0.1, 0.15) is 12.1 Å². The van der Waals surface area contributed by atoms with Gasteiger partial charge in [0.25, 0.3) is 5.91 Å². The zero-order chi connectivity index (χ0) is 20.5. The van der Waals surface area contributed by atoms with E-state index in [9.17, 15) is 9.59 Å². The summed E-state index contributed by atoms with van der Waals surface area (Å²) in [5.74, 6) is 1.93. The van der Waals surface area contributed by atoms with Gasteiger partial charge in [0.15, 0.2) is 18.2 Å². The molecule has 1 aliphatic heterocycles. The molecule has 1 aliphatic carbocycles. The molecule has 1 atom stereocenters. The molecule has 1 spiro atoms. The predicted molar refractivity (Wildman–Crippen MR) is 105 cm³/mol. The van der Waals surface area contributed by atoms with Crippen LogP contribution in [0.4, 0.5) is 4.79 Å². The highest BCUT2D eigenvalue weighted by atomic mass is 16.5. The van der Waals surface area contributed by atoms with E-state index in [-0.39, 0.29) is 11.9 Å². The van der Waals surface area contributed by atoms with Crippen LogP contribution in [0.3, 0.4) is 0 Å². The molecular formula is C21H32N3O4+. The van der Waals surface area contributed by atoms with Crippen LogP contribution in [0.25, 0.3) is 0 Å². The Bertz CT molecular complexity index is 756. The lowest BCUT2D eigenvalue weighted by atomic mass is 9.77. The van der Waals surface area contributed by atoms with Gasteiger partial charge < -0.3 is 19.7 Å². The molecule has 3 amide bonds. The van der Waals surface area contributed by atoms with Crippen LogP contribution < -0.4 is 19.7 Å². The number of carbonyl (C=O) groups is 2. The third kappa shape index (κ3) is 3.81. The first-order valence-electron chi connectivity index (χ1n) is 9.96. The number of quaternary nitrogens is 1. The number of rotatable bonds is 6. The summed E-state index contributed by atoms with van der Waals surface area (Å²) in [6.07, 6.45) is 3.44. The largest absolute Gasteiger partial charge is 0.493 e. The Labute approximate surface area is 167 Å². The van der Waals surface area contributed by atoms with E-state index in [1.165, 1.54) is 4.90 Å². The van der Waals surface area contributed by atoms with E-state index in [2.05, 4.69) is 12.2 Å². The molecule has 1 saturated heterocycles. The van der Waals surface area contributed by atoms with Gasteiger partial charge in [0.2, 0.25) is 0 Å². The summed E-state index contributed by atoms with van der Waals surface area (Å²) in [7, 11) is 5.23. The molecular weight excluding hydrogens is 358 g/mol. The first kappa shape index (κ1) is 20.5. The zero-order valence-electron chi connectivity index (χ0n) is 17.6. The minimum absolute atomic E-state index is 0.0622. The van der Waals surface area contributed by atoms with Crippen LogP contribution in [0, 0.1) is 12.8 Å². The summed E-state index contributed by atoms with van der Waals surface area (Å²) in [6.45, 7) is 5.24. The Morgan fingerprint density at radius 2 is 1.79 bits per heavy atom. The quantitative estimate of drug-likeness (QED) is 0.722. The molecule has 0 bridgehead atoms. The third-order valence-electron chi connectivity index (χ3n) is 6.14. The van der Waals surface area contributed by atoms with Crippen molar-refractivity contribution in [3.63, 3.8) is 0 Å². The van der Waals surface area contributed by atoms with E-state index < -0.39 is 5.54 Å². The number of urea groups is 1. The molecule has 2 aliphatic rings. The number of hydrogen-bond acceptors (Lipinski definition) is 4. The topological polar surface area (TPSA) is 72.3 Å². The van der Waals surface area contributed by atoms with Gasteiger partial charge in [0, 0.05) is 5.56 Å². The number of imide groups is 1. The van der Waals surface area contributed by atoms with E-state index in [1.54, 1.807) is 14.2 Å². The van der Waals surface area contributed by atoms with Crippen molar-refractivity contribution in [2.24, 2.45) is 5.92 Å². The maximum absolute atomic E-state index is 13.0. The van der Waals surface area contributed by atoms with Crippen molar-refractivity contribution in [2.45, 2.75) is 51.6 Å². The molecule has 1 heterocycles. The van der Waals surface area contributed by atoms with Crippen LogP contribution in [-0.4, -0.2) is 50.3 Å². The molecule has 0 radical (unpaired) electrons. The molecule has 28 heavy (non-hydrogen) atoms. The lowest BCUT2D eigenvalue weighted by Gasteiger charge is -2.33. The van der Waals surface area contributed by atoms with E-state index in [1.807, 2.05) is 26.1 Å². The Balaban J connectivity index is 1.69. The number of carbonyl (C=O) groups excluding carboxylic acids is 2. The van der Waals surface area contributed by atoms with Crippen LogP contribution in [0.2, 0.25) is 0 Å². The standard InChI is InChI=1S/C21H31N3O4/c1-14-6-8-21(9-7-14)19(25)24(20(26)22-21)13-23(3)12-16-11-18(28-5)17(27-4)10-15(16)2/h10-11,14H,6-9,12-13H2,1-5H3,(H,22,26)/p+1. The third-order valence-corrected chi connectivity index (χ3v) is 6.14. The predicted octanol–water partition coefficient (Wildman–Crippen LogP) is 1.49. The Morgan fingerprint density at radius 1 is 1.18 bits per heavy atom. The Kier molecular flexibility index (Phi) is 5.84. The fourth-order valence-corrected chi connectivity index (χ4v) is 4.28. The smallest absolute Gasteiger partial charge is 0.329 e. The van der Waals surface area contributed by atoms with E-state index in [4.69, 9.17) is 9.47 Å². The Morgan fingerprint density at radius 3 is 2.39 bits per heavy atom. The molecule has 1 aromatic carbocycles. The van der Waals surface area contributed by atoms with Gasteiger partial charge in [-0.1, -0.05) is 6.92 Å². The summed E-state index contributed by atoms with van der Waals surface area (Å²) in [5, 5.41) is 2.99. The molecule has 1 aromatic rings. The monoisotopic (exact) mass is 390 g/mol. The first-order chi connectivity index (χ1) is 13.3. The van der Waals surface area contributed by atoms with Crippen molar-refractivity contribution in [1.82, 2.24) is 10.2 Å². The van der Waals surface area contributed by atoms with Gasteiger partial charge in [0.05, 0.1) is 21.3 Å². The summed E-state index contributed by atoms with van der Waals surface area (Å²) in [6, 6.07) is 3.66. The number of aryl methyl sites for hydroxylation is 1. The fourth-order valence-electron chi connectivity index (χ4n) is 4.28. The van der Waals surface area contributed by atoms with Crippen molar-refractivity contribution < 1.29 is 24.0 Å². The number of methoxy groups -OCH3 is 2. The number of hydrogen-bond donors (Lipinski definition) is 2. The van der Waals surface area contributed by atoms with E-state index >= 15 is 0 Å². The van der Waals surface area contributed by atoms with Crippen LogP contribution in [0.5, 0.6) is 11.5 Å². The normalized spacial score (nSPS) is 25.8. The average molecular weight is 391 g/mol. The second kappa shape index (κ2) is 7.99. The van der Waals surface area contributed by atoms with E-state index in [0.717, 1.165) is 41.7 Å². The lowest BCUT2D eigenvalue weighted by molar-refractivity contribution is -0.901. The summed E-state index contributed by atoms with van der Waals surface area (Å²) < 4.78 is 10.7. The highest BCUT2D eigenvalue weighted by Gasteiger charge is 2.52. The van der Waals surface area contributed by atoms with Crippen LogP contribution >= 0.6 is 0 Å². The molecule has 1 saturated carbocycles. The molecule has 3 rings (SSSR count). The SMILES string of the molecule is COc1cc(C)c(C[NH+](C)CN2C(=O)NC3(CCC(C)CC3)C2=O)cc1OC. The maximum atomic E-state index is 13.0. The molecule has 7 nitrogen and oxygen atoms in total. The second-order valence-corrected chi connectivity index (χ2v) is 8.35. The van der Waals surface area contributed by atoms with E-state index in [0.29, 0.717) is 30.6 Å². The number of ether oxygens (including phenoxy) is 2. The van der Waals surface area contributed by atoms with Crippen molar-refractivity contribution >= 4 is 11.9 Å². The van der Waals surface area contributed by atoms with Gasteiger partial charge in [-0.3, -0.25) is 4.79 Å². The van der Waals surface area contributed by atoms with Crippen LogP contribution in [0.1, 0.15) is 43.7 Å². The average Bonchev–Trinajstić information content (AvgIpc) is 2.89. The lowest BCUT2D eigenvalue weighted by Crippen LogP contribution is -3.09. The van der Waals surface area contributed by atoms with Gasteiger partial charge in [-0.05, 0) is 56.2 Å². The highest BCUT2D eigenvalue weighted by Crippen LogP contribution is 2.36. The number of benzene rings is 1. The van der Waals surface area contributed by atoms with Crippen molar-refractivity contribution in [2.75, 3.05) is 27.9 Å². The van der Waals surface area contributed by atoms with Crippen molar-refractivity contribution in [3.8, 4) is 11.5 Å². The molecule has 0 aromatic heterocycles. The maximum Gasteiger partial charge on any atom is 0.329 e. The number of nitrogens with one attached hydrogen (secondary N) is 2.